The van der Waals surface area contributed by atoms with Crippen molar-refractivity contribution in [2.45, 2.75) is 52.4 Å². The Morgan fingerprint density at radius 2 is 1.14 bits per heavy atom. The van der Waals surface area contributed by atoms with Crippen molar-refractivity contribution in [2.24, 2.45) is 0 Å². The molecule has 0 saturated heterocycles. The summed E-state index contributed by atoms with van der Waals surface area (Å²) in [6.07, 6.45) is 0. The summed E-state index contributed by atoms with van der Waals surface area (Å²) in [6, 6.07) is 54.1. The zero-order chi connectivity index (χ0) is 38.5. The summed E-state index contributed by atoms with van der Waals surface area (Å²) in [6.45, 7) is 13.7. The second-order valence-electron chi connectivity index (χ2n) is 18.2. The molecule has 274 valence electrons. The van der Waals surface area contributed by atoms with Crippen LogP contribution in [0.1, 0.15) is 52.7 Å². The zero-order valence-electron chi connectivity index (χ0n) is 33.2. The molecular formula is C52H42BN3O. The van der Waals surface area contributed by atoms with Gasteiger partial charge in [-0.3, -0.25) is 0 Å². The number of anilines is 3. The molecule has 0 radical (unpaired) electrons. The molecule has 10 aromatic rings. The fourth-order valence-corrected chi connectivity index (χ4v) is 10.1. The first-order chi connectivity index (χ1) is 27.6. The molecule has 0 bridgehead atoms. The van der Waals surface area contributed by atoms with Crippen LogP contribution in [0.4, 0.5) is 17.1 Å². The van der Waals surface area contributed by atoms with E-state index in [0.717, 1.165) is 33.7 Å². The molecule has 2 aliphatic heterocycles. The van der Waals surface area contributed by atoms with E-state index in [1.807, 2.05) is 0 Å². The van der Waals surface area contributed by atoms with Gasteiger partial charge in [-0.1, -0.05) is 126 Å². The maximum atomic E-state index is 7.18. The van der Waals surface area contributed by atoms with Crippen molar-refractivity contribution >= 4 is 89.6 Å². The summed E-state index contributed by atoms with van der Waals surface area (Å²) in [5, 5.41) is 6.24. The first kappa shape index (κ1) is 32.8. The fraction of sp³-hybridized carbons (Fsp3) is 0.154. The molecule has 0 atom stereocenters. The van der Waals surface area contributed by atoms with Crippen molar-refractivity contribution in [3.8, 4) is 16.8 Å². The normalized spacial score (nSPS) is 13.7. The molecule has 7 aromatic carbocycles. The summed E-state index contributed by atoms with van der Waals surface area (Å²) in [4.78, 5) is 2.51. The lowest BCUT2D eigenvalue weighted by Gasteiger charge is -2.39. The number of benzene rings is 7. The van der Waals surface area contributed by atoms with Gasteiger partial charge in [0.1, 0.15) is 11.2 Å². The third kappa shape index (κ3) is 4.35. The largest absolute Gasteiger partial charge is 0.466 e. The molecule has 57 heavy (non-hydrogen) atoms. The van der Waals surface area contributed by atoms with Crippen molar-refractivity contribution < 1.29 is 4.42 Å². The smallest absolute Gasteiger partial charge is 0.375 e. The number of fused-ring (bicyclic) bond motifs is 13. The molecule has 5 heterocycles. The van der Waals surface area contributed by atoms with Crippen LogP contribution in [0.5, 0.6) is 0 Å². The van der Waals surface area contributed by atoms with Gasteiger partial charge in [0, 0.05) is 60.6 Å². The predicted molar refractivity (Wildman–Crippen MR) is 241 cm³/mol. The van der Waals surface area contributed by atoms with Crippen LogP contribution in [0.25, 0.3) is 71.4 Å². The van der Waals surface area contributed by atoms with Gasteiger partial charge in [0.2, 0.25) is 0 Å². The summed E-state index contributed by atoms with van der Waals surface area (Å²) in [5.74, 6) is 0. The van der Waals surface area contributed by atoms with Crippen LogP contribution in [-0.2, 0) is 10.8 Å². The van der Waals surface area contributed by atoms with Crippen LogP contribution in [0, 0.1) is 0 Å². The minimum atomic E-state index is -0.175. The molecule has 0 aliphatic carbocycles. The summed E-state index contributed by atoms with van der Waals surface area (Å²) < 4.78 is 12.3. The average molecular weight is 736 g/mol. The molecular weight excluding hydrogens is 693 g/mol. The highest BCUT2D eigenvalue weighted by atomic mass is 16.3. The number of nitrogens with zero attached hydrogens (tertiary/aromatic N) is 3. The summed E-state index contributed by atoms with van der Waals surface area (Å²) in [5.41, 5.74) is 17.8. The quantitative estimate of drug-likeness (QED) is 0.165. The molecule has 0 saturated carbocycles. The van der Waals surface area contributed by atoms with E-state index in [9.17, 15) is 0 Å². The molecule has 5 heteroatoms. The molecule has 0 unspecified atom stereocenters. The molecule has 0 fully saturated rings. The predicted octanol–water partition coefficient (Wildman–Crippen LogP) is 12.7. The highest BCUT2D eigenvalue weighted by Gasteiger charge is 2.47. The number of para-hydroxylation sites is 4. The Balaban J connectivity index is 1.30. The summed E-state index contributed by atoms with van der Waals surface area (Å²) in [7, 11) is 0. The van der Waals surface area contributed by atoms with Gasteiger partial charge in [0.15, 0.2) is 0 Å². The number of hydrogen-bond donors (Lipinski definition) is 0. The Kier molecular flexibility index (Phi) is 6.38. The van der Waals surface area contributed by atoms with Crippen molar-refractivity contribution in [2.75, 3.05) is 4.90 Å². The third-order valence-electron chi connectivity index (χ3n) is 12.8. The minimum absolute atomic E-state index is 0.0441. The van der Waals surface area contributed by atoms with Gasteiger partial charge >= 0.3 is 6.85 Å². The summed E-state index contributed by atoms with van der Waals surface area (Å²) >= 11 is 0. The van der Waals surface area contributed by atoms with Crippen molar-refractivity contribution in [3.63, 3.8) is 0 Å². The van der Waals surface area contributed by atoms with E-state index < -0.39 is 0 Å². The van der Waals surface area contributed by atoms with Crippen LogP contribution in [0.3, 0.4) is 0 Å². The van der Waals surface area contributed by atoms with Crippen LogP contribution in [0.15, 0.2) is 150 Å². The monoisotopic (exact) mass is 735 g/mol. The van der Waals surface area contributed by atoms with Gasteiger partial charge in [0.25, 0.3) is 0 Å². The van der Waals surface area contributed by atoms with Crippen LogP contribution in [-0.4, -0.2) is 15.9 Å². The second kappa shape index (κ2) is 11.1. The standard InChI is InChI=1S/C52H42BN3O/c1-51(2,3)31-24-26-34(27-25-31)55-43-29-32(52(4,5)6)28-38-39-30-42-45(35-18-10-13-21-40(35)54(42)33-16-8-7-9-17-33)46-36-19-11-14-22-41(36)56(48(39)46)53(47(38)43)50-49(55)37-20-12-15-23-44(37)57-50/h7-30H,1-6H3. The fourth-order valence-electron chi connectivity index (χ4n) is 10.1. The van der Waals surface area contributed by atoms with Gasteiger partial charge in [-0.15, -0.1) is 0 Å². The Morgan fingerprint density at radius 3 is 1.86 bits per heavy atom. The van der Waals surface area contributed by atoms with Gasteiger partial charge in [-0.05, 0) is 93.6 Å². The Labute approximate surface area is 332 Å². The molecule has 0 N–H and O–H groups in total. The topological polar surface area (TPSA) is 26.2 Å². The molecule has 12 rings (SSSR count). The van der Waals surface area contributed by atoms with Gasteiger partial charge in [0.05, 0.1) is 16.7 Å². The van der Waals surface area contributed by atoms with Crippen molar-refractivity contribution in [1.29, 1.82) is 0 Å². The van der Waals surface area contributed by atoms with E-state index in [4.69, 9.17) is 4.42 Å². The maximum Gasteiger partial charge on any atom is 0.375 e. The lowest BCUT2D eigenvalue weighted by molar-refractivity contribution is 0.590. The Bertz CT molecular complexity index is 3310. The van der Waals surface area contributed by atoms with Gasteiger partial charge in [-0.25, -0.2) is 0 Å². The highest BCUT2D eigenvalue weighted by molar-refractivity contribution is 6.89. The molecule has 4 nitrogen and oxygen atoms in total. The van der Waals surface area contributed by atoms with Gasteiger partial charge < -0.3 is 18.4 Å². The van der Waals surface area contributed by atoms with Crippen LogP contribution >= 0.6 is 0 Å². The van der Waals surface area contributed by atoms with Gasteiger partial charge in [-0.2, -0.15) is 0 Å². The Morgan fingerprint density at radius 1 is 0.509 bits per heavy atom. The molecule has 0 spiro atoms. The zero-order valence-corrected chi connectivity index (χ0v) is 33.2. The van der Waals surface area contributed by atoms with E-state index >= 15 is 0 Å². The van der Waals surface area contributed by atoms with E-state index in [2.05, 4.69) is 201 Å². The minimum Gasteiger partial charge on any atom is -0.466 e. The highest BCUT2D eigenvalue weighted by Crippen LogP contribution is 2.51. The second-order valence-corrected chi connectivity index (χ2v) is 18.2. The maximum absolute atomic E-state index is 7.18. The third-order valence-corrected chi connectivity index (χ3v) is 12.8. The van der Waals surface area contributed by atoms with Crippen molar-refractivity contribution in [1.82, 2.24) is 9.05 Å². The van der Waals surface area contributed by atoms with Crippen LogP contribution < -0.4 is 16.0 Å². The van der Waals surface area contributed by atoms with Crippen LogP contribution in [0.2, 0.25) is 0 Å². The first-order valence-electron chi connectivity index (χ1n) is 20.2. The van der Waals surface area contributed by atoms with E-state index in [1.165, 1.54) is 77.0 Å². The molecule has 2 aliphatic rings. The first-order valence-corrected chi connectivity index (χ1v) is 20.2. The van der Waals surface area contributed by atoms with E-state index in [0.29, 0.717) is 0 Å². The van der Waals surface area contributed by atoms with E-state index in [-0.39, 0.29) is 17.7 Å². The Hall–Kier alpha value is -6.46. The lowest BCUT2D eigenvalue weighted by atomic mass is 9.47. The van der Waals surface area contributed by atoms with E-state index in [1.54, 1.807) is 0 Å². The lowest BCUT2D eigenvalue weighted by Crippen LogP contribution is -2.56. The SMILES string of the molecule is CC(C)(C)c1ccc(N2c3cc(C(C)(C)C)cc4c3B(c3oc5ccccc5c32)n2c3ccccc3c3c5c6ccccc6n(-c6ccccc6)c5cc-4c32)cc1. The average Bonchev–Trinajstić information content (AvgIpc) is 3.87. The number of furan rings is 1. The molecule has 3 aromatic heterocycles. The number of hydrogen-bond acceptors (Lipinski definition) is 2. The van der Waals surface area contributed by atoms with Crippen molar-refractivity contribution in [3.05, 3.63) is 157 Å². The number of rotatable bonds is 2. The molecule has 0 amide bonds. The number of aromatic nitrogens is 2.